The van der Waals surface area contributed by atoms with Gasteiger partial charge in [0.1, 0.15) is 29.9 Å². The summed E-state index contributed by atoms with van der Waals surface area (Å²) in [4.78, 5) is 49.3. The molecule has 3 amide bonds. The summed E-state index contributed by atoms with van der Waals surface area (Å²) in [6.45, 7) is 6.81. The van der Waals surface area contributed by atoms with Crippen molar-refractivity contribution in [1.29, 1.82) is 0 Å². The fraction of sp³-hybridized carbons (Fsp3) is 0.387. The molecule has 0 fully saturated rings. The fourth-order valence-electron chi connectivity index (χ4n) is 4.59. The third-order valence-electron chi connectivity index (χ3n) is 6.67. The van der Waals surface area contributed by atoms with E-state index >= 15 is 0 Å². The molecule has 0 atom stereocenters. The number of nitrogens with zero attached hydrogens (tertiary/aromatic N) is 4. The Labute approximate surface area is 256 Å². The molecule has 2 aromatic carbocycles. The highest BCUT2D eigenvalue weighted by atomic mass is 35.5. The van der Waals surface area contributed by atoms with Gasteiger partial charge in [0.25, 0.3) is 5.91 Å². The highest BCUT2D eigenvalue weighted by molar-refractivity contribution is 6.33. The molecule has 0 saturated heterocycles. The van der Waals surface area contributed by atoms with E-state index in [1.807, 2.05) is 42.5 Å². The number of ether oxygens (including phenoxy) is 2. The number of anilines is 2. The molecule has 4 rings (SSSR count). The van der Waals surface area contributed by atoms with Gasteiger partial charge in [-0.15, -0.1) is 0 Å². The maximum absolute atomic E-state index is 13.4. The van der Waals surface area contributed by atoms with E-state index in [9.17, 15) is 14.4 Å². The summed E-state index contributed by atoms with van der Waals surface area (Å²) in [5.41, 5.74) is 3.06. The van der Waals surface area contributed by atoms with Gasteiger partial charge in [0.05, 0.1) is 6.54 Å². The van der Waals surface area contributed by atoms with Gasteiger partial charge in [0.15, 0.2) is 0 Å². The molecule has 0 aliphatic carbocycles. The van der Waals surface area contributed by atoms with E-state index in [4.69, 9.17) is 21.1 Å². The minimum Gasteiger partial charge on any atom is -0.475 e. The van der Waals surface area contributed by atoms with E-state index in [0.29, 0.717) is 61.2 Å². The van der Waals surface area contributed by atoms with Crippen LogP contribution in [0, 0.1) is 0 Å². The topological polar surface area (TPSA) is 126 Å². The molecule has 1 aliphatic heterocycles. The first-order valence-electron chi connectivity index (χ1n) is 14.0. The van der Waals surface area contributed by atoms with Crippen molar-refractivity contribution in [3.63, 3.8) is 0 Å². The van der Waals surface area contributed by atoms with Gasteiger partial charge in [0, 0.05) is 49.9 Å². The summed E-state index contributed by atoms with van der Waals surface area (Å²) >= 11 is 6.67. The second-order valence-electron chi connectivity index (χ2n) is 11.1. The van der Waals surface area contributed by atoms with E-state index in [1.54, 1.807) is 44.7 Å². The van der Waals surface area contributed by atoms with Crippen LogP contribution in [0.3, 0.4) is 0 Å². The zero-order valence-electron chi connectivity index (χ0n) is 25.1. The quantitative estimate of drug-likeness (QED) is 0.320. The van der Waals surface area contributed by atoms with Crippen LogP contribution in [-0.2, 0) is 16.1 Å². The van der Waals surface area contributed by atoms with Gasteiger partial charge >= 0.3 is 6.09 Å². The number of alkyl carbamates (subject to hydrolysis) is 1. The number of hydrogen-bond donors (Lipinski definition) is 2. The highest BCUT2D eigenvalue weighted by Gasteiger charge is 2.29. The van der Waals surface area contributed by atoms with Crippen LogP contribution < -0.4 is 20.3 Å². The van der Waals surface area contributed by atoms with Crippen LogP contribution in [-0.4, -0.2) is 72.2 Å². The Bertz CT molecular complexity index is 1470. The summed E-state index contributed by atoms with van der Waals surface area (Å²) in [5.74, 6) is 0.391. The van der Waals surface area contributed by atoms with Crippen molar-refractivity contribution in [3.05, 3.63) is 64.9 Å². The summed E-state index contributed by atoms with van der Waals surface area (Å²) in [6, 6.07) is 13.3. The number of hydrogen-bond acceptors (Lipinski definition) is 8. The lowest BCUT2D eigenvalue weighted by Gasteiger charge is -2.21. The minimum absolute atomic E-state index is 0.0359. The van der Waals surface area contributed by atoms with Crippen molar-refractivity contribution < 1.29 is 23.9 Å². The molecule has 1 aliphatic rings. The Morgan fingerprint density at radius 1 is 1.14 bits per heavy atom. The predicted molar refractivity (Wildman–Crippen MR) is 166 cm³/mol. The number of nitrogens with one attached hydrogen (secondary N) is 2. The fourth-order valence-corrected chi connectivity index (χ4v) is 4.90. The first kappa shape index (κ1) is 31.6. The van der Waals surface area contributed by atoms with Crippen LogP contribution in [0.4, 0.5) is 16.3 Å². The number of benzene rings is 2. The van der Waals surface area contributed by atoms with Crippen LogP contribution in [0.1, 0.15) is 49.5 Å². The molecule has 1 aromatic heterocycles. The largest absolute Gasteiger partial charge is 0.475 e. The molecule has 0 radical (unpaired) electrons. The molecular formula is C31H37ClN6O5. The first-order chi connectivity index (χ1) is 20.5. The smallest absolute Gasteiger partial charge is 0.407 e. The molecular weight excluding hydrogens is 572 g/mol. The maximum Gasteiger partial charge on any atom is 0.407 e. The van der Waals surface area contributed by atoms with Crippen LogP contribution in [0.2, 0.25) is 5.02 Å². The number of amides is 3. The standard InChI is InChI=1S/C31H37ClN6O5/c1-31(2,3)43-30(41)34-14-6-7-25(39)37(5)18-20-8-13-23(24(32)17-20)21-9-11-22(12-10-21)38-15-16-42-28-26(29(38)40)27(33-4)35-19-36-28/h8-13,17,19H,6-7,14-16,18H2,1-5H3,(H,34,41)(H,33,35,36). The second-order valence-corrected chi connectivity index (χ2v) is 11.5. The van der Waals surface area contributed by atoms with Gasteiger partial charge in [-0.25, -0.2) is 14.8 Å². The molecule has 2 N–H and O–H groups in total. The lowest BCUT2D eigenvalue weighted by molar-refractivity contribution is -0.130. The number of fused-ring (bicyclic) bond motifs is 1. The normalized spacial score (nSPS) is 13.0. The van der Waals surface area contributed by atoms with Gasteiger partial charge in [-0.3, -0.25) is 9.59 Å². The Morgan fingerprint density at radius 2 is 1.88 bits per heavy atom. The van der Waals surface area contributed by atoms with Gasteiger partial charge in [-0.1, -0.05) is 35.9 Å². The third kappa shape index (κ3) is 8.13. The van der Waals surface area contributed by atoms with Crippen molar-refractivity contribution in [1.82, 2.24) is 20.2 Å². The molecule has 0 bridgehead atoms. The average molecular weight is 609 g/mol. The van der Waals surface area contributed by atoms with Crippen molar-refractivity contribution in [2.45, 2.75) is 45.8 Å². The minimum atomic E-state index is -0.566. The predicted octanol–water partition coefficient (Wildman–Crippen LogP) is 5.14. The van der Waals surface area contributed by atoms with Crippen LogP contribution in [0.15, 0.2) is 48.8 Å². The monoisotopic (exact) mass is 608 g/mol. The van der Waals surface area contributed by atoms with Crippen LogP contribution in [0.25, 0.3) is 11.1 Å². The number of halogens is 1. The SMILES string of the molecule is CNc1ncnc2c1C(=O)N(c1ccc(-c3ccc(CN(C)C(=O)CCCNC(=O)OC(C)(C)C)cc3Cl)cc1)CCO2. The highest BCUT2D eigenvalue weighted by Crippen LogP contribution is 2.33. The first-order valence-corrected chi connectivity index (χ1v) is 14.4. The molecule has 12 heteroatoms. The molecule has 11 nitrogen and oxygen atoms in total. The summed E-state index contributed by atoms with van der Waals surface area (Å²) < 4.78 is 10.9. The van der Waals surface area contributed by atoms with E-state index < -0.39 is 11.7 Å². The Balaban J connectivity index is 1.35. The summed E-state index contributed by atoms with van der Waals surface area (Å²) in [7, 11) is 3.43. The Hall–Kier alpha value is -4.38. The molecule has 0 saturated carbocycles. The van der Waals surface area contributed by atoms with E-state index in [-0.39, 0.29) is 17.7 Å². The molecule has 0 unspecified atom stereocenters. The molecule has 43 heavy (non-hydrogen) atoms. The molecule has 3 aromatic rings. The van der Waals surface area contributed by atoms with Gasteiger partial charge in [0.2, 0.25) is 11.8 Å². The van der Waals surface area contributed by atoms with Gasteiger partial charge < -0.3 is 29.9 Å². The molecule has 0 spiro atoms. The third-order valence-corrected chi connectivity index (χ3v) is 6.98. The summed E-state index contributed by atoms with van der Waals surface area (Å²) in [6.07, 6.45) is 1.67. The van der Waals surface area contributed by atoms with Crippen LogP contribution in [0.5, 0.6) is 5.88 Å². The van der Waals surface area contributed by atoms with Crippen molar-refractivity contribution >= 4 is 41.0 Å². The number of carbonyl (C=O) groups is 3. The van der Waals surface area contributed by atoms with E-state index in [0.717, 1.165) is 16.7 Å². The van der Waals surface area contributed by atoms with Crippen molar-refractivity contribution in [2.75, 3.05) is 44.0 Å². The lowest BCUT2D eigenvalue weighted by atomic mass is 10.0. The second kappa shape index (κ2) is 13.7. The van der Waals surface area contributed by atoms with E-state index in [2.05, 4.69) is 20.6 Å². The zero-order chi connectivity index (χ0) is 31.1. The van der Waals surface area contributed by atoms with Crippen molar-refractivity contribution in [3.8, 4) is 17.0 Å². The number of rotatable bonds is 9. The van der Waals surface area contributed by atoms with Gasteiger partial charge in [-0.2, -0.15) is 0 Å². The van der Waals surface area contributed by atoms with Crippen molar-refractivity contribution in [2.24, 2.45) is 0 Å². The Morgan fingerprint density at radius 3 is 2.56 bits per heavy atom. The van der Waals surface area contributed by atoms with Gasteiger partial charge in [-0.05, 0) is 56.5 Å². The average Bonchev–Trinajstić information content (AvgIpc) is 3.13. The zero-order valence-corrected chi connectivity index (χ0v) is 25.8. The Kier molecular flexibility index (Phi) is 10.1. The molecule has 2 heterocycles. The lowest BCUT2D eigenvalue weighted by Crippen LogP contribution is -2.33. The maximum atomic E-state index is 13.4. The van der Waals surface area contributed by atoms with E-state index in [1.165, 1.54) is 6.33 Å². The summed E-state index contributed by atoms with van der Waals surface area (Å²) in [5, 5.41) is 6.15. The number of aromatic nitrogens is 2. The number of carbonyl (C=O) groups excluding carboxylic acids is 3. The van der Waals surface area contributed by atoms with Crippen LogP contribution >= 0.6 is 11.6 Å². The molecule has 228 valence electrons.